The molecule has 1 N–H and O–H groups in total. The Morgan fingerprint density at radius 2 is 1.66 bits per heavy atom. The van der Waals surface area contributed by atoms with E-state index >= 15 is 0 Å². The number of aliphatic carboxylic acids is 1. The number of rotatable bonds is 8. The van der Waals surface area contributed by atoms with Crippen molar-refractivity contribution in [2.75, 3.05) is 6.61 Å². The summed E-state index contributed by atoms with van der Waals surface area (Å²) in [6.45, 7) is 4.95. The maximum absolute atomic E-state index is 11.8. The minimum Gasteiger partial charge on any atom is -0.481 e. The lowest BCUT2D eigenvalue weighted by Crippen LogP contribution is -2.60. The van der Waals surface area contributed by atoms with Crippen LogP contribution in [0.4, 0.5) is 0 Å². The number of esters is 3. The number of aryl methyl sites for hydroxylation is 1. The average molecular weight is 517 g/mol. The van der Waals surface area contributed by atoms with Crippen molar-refractivity contribution in [3.63, 3.8) is 0 Å². The Hall–Kier alpha value is -2.66. The van der Waals surface area contributed by atoms with Crippen LogP contribution >= 0.6 is 15.9 Å². The van der Waals surface area contributed by atoms with Crippen LogP contribution < -0.4 is 4.74 Å². The first-order valence-corrected chi connectivity index (χ1v) is 10.5. The fraction of sp³-hybridized carbons (Fsp3) is 0.524. The Balaban J connectivity index is 2.47. The topological polar surface area (TPSA) is 135 Å². The van der Waals surface area contributed by atoms with Gasteiger partial charge in [0.2, 0.25) is 6.29 Å². The smallest absolute Gasteiger partial charge is 0.304 e. The lowest BCUT2D eigenvalue weighted by Gasteiger charge is -2.44. The first-order valence-electron chi connectivity index (χ1n) is 9.75. The molecular weight excluding hydrogens is 492 g/mol. The lowest BCUT2D eigenvalue weighted by atomic mass is 9.87. The van der Waals surface area contributed by atoms with Crippen molar-refractivity contribution in [2.24, 2.45) is 5.92 Å². The molecule has 0 spiro atoms. The third kappa shape index (κ3) is 7.20. The van der Waals surface area contributed by atoms with E-state index in [1.165, 1.54) is 6.92 Å². The van der Waals surface area contributed by atoms with E-state index in [9.17, 15) is 24.3 Å². The number of carbonyl (C=O) groups excluding carboxylic acids is 3. The molecule has 1 saturated heterocycles. The van der Waals surface area contributed by atoms with E-state index in [1.54, 1.807) is 25.1 Å². The highest BCUT2D eigenvalue weighted by Gasteiger charge is 2.52. The van der Waals surface area contributed by atoms with Gasteiger partial charge in [-0.2, -0.15) is 0 Å². The maximum atomic E-state index is 11.8. The zero-order chi connectivity index (χ0) is 24.0. The maximum Gasteiger partial charge on any atom is 0.304 e. The van der Waals surface area contributed by atoms with Crippen LogP contribution in [0.15, 0.2) is 22.7 Å². The van der Waals surface area contributed by atoms with Gasteiger partial charge < -0.3 is 28.8 Å². The van der Waals surface area contributed by atoms with Crippen LogP contribution in [0.3, 0.4) is 0 Å². The summed E-state index contributed by atoms with van der Waals surface area (Å²) in [7, 11) is 0. The van der Waals surface area contributed by atoms with Crippen LogP contribution in [0.1, 0.15) is 32.8 Å². The van der Waals surface area contributed by atoms with Crippen LogP contribution in [0, 0.1) is 12.8 Å². The molecule has 5 atom stereocenters. The van der Waals surface area contributed by atoms with Crippen LogP contribution in [0.25, 0.3) is 0 Å². The first kappa shape index (κ1) is 25.6. The SMILES string of the molecule is CC(=O)OC[C@@H]1O[C@H](Oc2ccc(Br)cc2C)[C@H](CC(=O)O)[C@H](OC(C)=O)[C@H]1OC(C)=O. The molecule has 0 aromatic heterocycles. The second-order valence-corrected chi connectivity index (χ2v) is 8.20. The number of carboxylic acid groups (broad SMARTS) is 1. The molecule has 11 heteroatoms. The van der Waals surface area contributed by atoms with E-state index in [0.717, 1.165) is 23.9 Å². The number of hydrogen-bond acceptors (Lipinski definition) is 9. The van der Waals surface area contributed by atoms with E-state index < -0.39 is 60.8 Å². The molecular formula is C21H25BrO10. The molecule has 0 aliphatic carbocycles. The van der Waals surface area contributed by atoms with Crippen molar-refractivity contribution in [1.82, 2.24) is 0 Å². The lowest BCUT2D eigenvalue weighted by molar-refractivity contribution is -0.271. The Morgan fingerprint density at radius 1 is 1.03 bits per heavy atom. The molecule has 1 heterocycles. The van der Waals surface area contributed by atoms with Gasteiger partial charge in [-0.25, -0.2) is 0 Å². The molecule has 176 valence electrons. The molecule has 0 bridgehead atoms. The molecule has 2 rings (SSSR count). The van der Waals surface area contributed by atoms with Gasteiger partial charge in [0.05, 0.1) is 12.3 Å². The molecule has 1 aromatic carbocycles. The van der Waals surface area contributed by atoms with Crippen molar-refractivity contribution in [3.8, 4) is 5.75 Å². The zero-order valence-corrected chi connectivity index (χ0v) is 19.6. The quantitative estimate of drug-likeness (QED) is 0.405. The molecule has 1 aromatic rings. The summed E-state index contributed by atoms with van der Waals surface area (Å²) in [6, 6.07) is 5.20. The van der Waals surface area contributed by atoms with Gasteiger partial charge in [-0.3, -0.25) is 19.2 Å². The van der Waals surface area contributed by atoms with Crippen LogP contribution in [-0.2, 0) is 38.1 Å². The van der Waals surface area contributed by atoms with Gasteiger partial charge in [-0.15, -0.1) is 0 Å². The Labute approximate surface area is 193 Å². The Bertz CT molecular complexity index is 870. The minimum atomic E-state index is -1.22. The average Bonchev–Trinajstić information content (AvgIpc) is 2.65. The summed E-state index contributed by atoms with van der Waals surface area (Å²) in [5.41, 5.74) is 0.736. The highest BCUT2D eigenvalue weighted by Crippen LogP contribution is 2.35. The van der Waals surface area contributed by atoms with E-state index in [-0.39, 0.29) is 6.61 Å². The van der Waals surface area contributed by atoms with Gasteiger partial charge in [-0.05, 0) is 30.7 Å². The fourth-order valence-electron chi connectivity index (χ4n) is 3.37. The molecule has 1 aliphatic rings. The number of ether oxygens (including phenoxy) is 5. The predicted octanol–water partition coefficient (Wildman–Crippen LogP) is 2.38. The van der Waals surface area contributed by atoms with E-state index in [2.05, 4.69) is 15.9 Å². The summed E-state index contributed by atoms with van der Waals surface area (Å²) in [5.74, 6) is -3.84. The van der Waals surface area contributed by atoms with Crippen molar-refractivity contribution in [2.45, 2.75) is 58.7 Å². The van der Waals surface area contributed by atoms with Crippen molar-refractivity contribution >= 4 is 39.8 Å². The van der Waals surface area contributed by atoms with Gasteiger partial charge in [-0.1, -0.05) is 15.9 Å². The van der Waals surface area contributed by atoms with Crippen LogP contribution in [0.5, 0.6) is 5.75 Å². The summed E-state index contributed by atoms with van der Waals surface area (Å²) >= 11 is 3.36. The molecule has 0 unspecified atom stereocenters. The molecule has 32 heavy (non-hydrogen) atoms. The second-order valence-electron chi connectivity index (χ2n) is 7.28. The van der Waals surface area contributed by atoms with Gasteiger partial charge in [0, 0.05) is 25.2 Å². The normalized spacial score (nSPS) is 24.8. The number of carbonyl (C=O) groups is 4. The molecule has 0 amide bonds. The van der Waals surface area contributed by atoms with E-state index in [0.29, 0.717) is 5.75 Å². The predicted molar refractivity (Wildman–Crippen MR) is 112 cm³/mol. The molecule has 1 aliphatic heterocycles. The van der Waals surface area contributed by atoms with Gasteiger partial charge in [0.1, 0.15) is 18.5 Å². The number of halogens is 1. The fourth-order valence-corrected chi connectivity index (χ4v) is 3.85. The Kier molecular flexibility index (Phi) is 9.02. The minimum absolute atomic E-state index is 0.329. The van der Waals surface area contributed by atoms with Gasteiger partial charge in [0.15, 0.2) is 12.2 Å². The summed E-state index contributed by atoms with van der Waals surface area (Å²) in [5, 5.41) is 9.47. The van der Waals surface area contributed by atoms with Crippen molar-refractivity contribution < 1.29 is 48.0 Å². The molecule has 0 radical (unpaired) electrons. The monoisotopic (exact) mass is 516 g/mol. The summed E-state index contributed by atoms with van der Waals surface area (Å²) in [6.07, 6.45) is -5.22. The third-order valence-corrected chi connectivity index (χ3v) is 5.11. The highest BCUT2D eigenvalue weighted by molar-refractivity contribution is 9.10. The number of hydrogen-bond donors (Lipinski definition) is 1. The first-order chi connectivity index (χ1) is 15.0. The Morgan fingerprint density at radius 3 is 2.19 bits per heavy atom. The summed E-state index contributed by atoms with van der Waals surface area (Å²) in [4.78, 5) is 46.5. The van der Waals surface area contributed by atoms with E-state index in [1.807, 2.05) is 0 Å². The molecule has 10 nitrogen and oxygen atoms in total. The molecule has 0 saturated carbocycles. The summed E-state index contributed by atoms with van der Waals surface area (Å²) < 4.78 is 28.4. The van der Waals surface area contributed by atoms with Crippen LogP contribution in [0.2, 0.25) is 0 Å². The van der Waals surface area contributed by atoms with Crippen LogP contribution in [-0.4, -0.2) is 60.2 Å². The number of benzene rings is 1. The van der Waals surface area contributed by atoms with Crippen molar-refractivity contribution in [3.05, 3.63) is 28.2 Å². The van der Waals surface area contributed by atoms with Gasteiger partial charge in [0.25, 0.3) is 0 Å². The third-order valence-electron chi connectivity index (χ3n) is 4.62. The van der Waals surface area contributed by atoms with E-state index in [4.69, 9.17) is 23.7 Å². The zero-order valence-electron chi connectivity index (χ0n) is 18.0. The highest BCUT2D eigenvalue weighted by atomic mass is 79.9. The standard InChI is InChI=1S/C21H25BrO10/c1-10-7-14(22)5-6-16(10)31-21-15(8-18(26)27)19(29-12(3)24)20(30-13(4)25)17(32-21)9-28-11(2)23/h5-7,15,17,19-21H,8-9H2,1-4H3,(H,26,27)/t15-,17+,19+,20+,21+/m1/s1. The largest absolute Gasteiger partial charge is 0.481 e. The van der Waals surface area contributed by atoms with Crippen molar-refractivity contribution in [1.29, 1.82) is 0 Å². The second kappa shape index (κ2) is 11.3. The molecule has 1 fully saturated rings. The number of carboxylic acids is 1. The van der Waals surface area contributed by atoms with Gasteiger partial charge >= 0.3 is 23.9 Å².